The molecule has 0 spiro atoms. The van der Waals surface area contributed by atoms with Crippen LogP contribution in [0.4, 0.5) is 0 Å². The average molecular weight is 230 g/mol. The van der Waals surface area contributed by atoms with Gasteiger partial charge < -0.3 is 8.98 Å². The summed E-state index contributed by atoms with van der Waals surface area (Å²) in [6.45, 7) is 0. The maximum Gasteiger partial charge on any atom is 0.176 e. The first-order valence-corrected chi connectivity index (χ1v) is 5.40. The summed E-state index contributed by atoms with van der Waals surface area (Å²) in [6, 6.07) is 9.68. The molecular weight excluding hydrogens is 220 g/mol. The quantitative estimate of drug-likeness (QED) is 0.651. The number of thiol groups is 1. The zero-order chi connectivity index (χ0) is 11.1. The molecule has 0 fully saturated rings. The molecule has 0 aliphatic carbocycles. The average Bonchev–Trinajstić information content (AvgIpc) is 2.86. The summed E-state index contributed by atoms with van der Waals surface area (Å²) in [6.07, 6.45) is 1.65. The van der Waals surface area contributed by atoms with E-state index in [1.54, 1.807) is 6.26 Å². The Balaban J connectivity index is 2.31. The monoisotopic (exact) mass is 230 g/mol. The lowest BCUT2D eigenvalue weighted by Crippen LogP contribution is -1.90. The number of aromatic nitrogens is 2. The van der Waals surface area contributed by atoms with Gasteiger partial charge in [0.05, 0.1) is 17.3 Å². The van der Waals surface area contributed by atoms with Crippen LogP contribution in [0.15, 0.2) is 45.9 Å². The molecule has 0 aliphatic rings. The third-order valence-electron chi connectivity index (χ3n) is 2.61. The number of hydrogen-bond donors (Lipinski definition) is 1. The third-order valence-corrected chi connectivity index (χ3v) is 2.88. The summed E-state index contributed by atoms with van der Waals surface area (Å²) in [5.74, 6) is 1.61. The first kappa shape index (κ1) is 9.54. The van der Waals surface area contributed by atoms with Gasteiger partial charge in [-0.15, -0.1) is 12.6 Å². The zero-order valence-corrected chi connectivity index (χ0v) is 9.61. The summed E-state index contributed by atoms with van der Waals surface area (Å²) in [4.78, 5) is 5.45. The Morgan fingerprint density at radius 1 is 1.31 bits per heavy atom. The van der Waals surface area contributed by atoms with Crippen LogP contribution in [-0.2, 0) is 7.05 Å². The van der Waals surface area contributed by atoms with Crippen LogP contribution in [0.5, 0.6) is 0 Å². The Hall–Kier alpha value is -1.68. The van der Waals surface area contributed by atoms with Crippen LogP contribution in [0.25, 0.3) is 22.6 Å². The van der Waals surface area contributed by atoms with Gasteiger partial charge in [-0.25, -0.2) is 4.98 Å². The van der Waals surface area contributed by atoms with E-state index in [1.807, 2.05) is 41.9 Å². The summed E-state index contributed by atoms with van der Waals surface area (Å²) in [5.41, 5.74) is 2.01. The van der Waals surface area contributed by atoms with Crippen molar-refractivity contribution in [2.24, 2.45) is 7.05 Å². The predicted octanol–water partition coefficient (Wildman–Crippen LogP) is 3.12. The van der Waals surface area contributed by atoms with Crippen molar-refractivity contribution in [2.45, 2.75) is 4.90 Å². The van der Waals surface area contributed by atoms with E-state index in [9.17, 15) is 0 Å². The van der Waals surface area contributed by atoms with Gasteiger partial charge in [-0.3, -0.25) is 0 Å². The van der Waals surface area contributed by atoms with Crippen molar-refractivity contribution in [1.29, 1.82) is 0 Å². The Morgan fingerprint density at radius 3 is 2.94 bits per heavy atom. The third kappa shape index (κ3) is 1.34. The molecular formula is C12H10N2OS. The molecule has 0 aliphatic heterocycles. The maximum atomic E-state index is 5.36. The zero-order valence-electron chi connectivity index (χ0n) is 8.71. The van der Waals surface area contributed by atoms with Gasteiger partial charge in [0.1, 0.15) is 0 Å². The fraction of sp³-hybridized carbons (Fsp3) is 0.0833. The number of fused-ring (bicyclic) bond motifs is 1. The lowest BCUT2D eigenvalue weighted by Gasteiger charge is -1.98. The van der Waals surface area contributed by atoms with E-state index in [4.69, 9.17) is 4.42 Å². The minimum Gasteiger partial charge on any atom is -0.461 e. The molecule has 0 radical (unpaired) electrons. The van der Waals surface area contributed by atoms with Crippen molar-refractivity contribution in [3.05, 3.63) is 36.6 Å². The fourth-order valence-electron chi connectivity index (χ4n) is 1.81. The molecule has 0 N–H and O–H groups in total. The van der Waals surface area contributed by atoms with Crippen molar-refractivity contribution in [3.63, 3.8) is 0 Å². The van der Waals surface area contributed by atoms with Gasteiger partial charge in [-0.05, 0) is 30.3 Å². The van der Waals surface area contributed by atoms with Gasteiger partial charge in [0.25, 0.3) is 0 Å². The fourth-order valence-corrected chi connectivity index (χ4v) is 2.01. The second kappa shape index (κ2) is 3.42. The molecule has 16 heavy (non-hydrogen) atoms. The van der Waals surface area contributed by atoms with Crippen molar-refractivity contribution in [3.8, 4) is 11.6 Å². The first-order valence-electron chi connectivity index (χ1n) is 4.95. The molecule has 0 saturated heterocycles. The van der Waals surface area contributed by atoms with Gasteiger partial charge in [0.2, 0.25) is 0 Å². The number of nitrogens with zero attached hydrogens (tertiary/aromatic N) is 2. The van der Waals surface area contributed by atoms with Crippen LogP contribution >= 0.6 is 12.6 Å². The van der Waals surface area contributed by atoms with E-state index in [0.29, 0.717) is 0 Å². The highest BCUT2D eigenvalue weighted by Gasteiger charge is 2.11. The Kier molecular flexibility index (Phi) is 2.04. The Labute approximate surface area is 98.1 Å². The van der Waals surface area contributed by atoms with Gasteiger partial charge in [0.15, 0.2) is 11.6 Å². The SMILES string of the molecule is Cn1c(-c2ccco2)nc2cc(S)ccc21. The molecule has 0 saturated carbocycles. The van der Waals surface area contributed by atoms with E-state index in [1.165, 1.54) is 0 Å². The van der Waals surface area contributed by atoms with Gasteiger partial charge >= 0.3 is 0 Å². The summed E-state index contributed by atoms with van der Waals surface area (Å²) in [7, 11) is 1.98. The molecule has 2 heterocycles. The highest BCUT2D eigenvalue weighted by atomic mass is 32.1. The van der Waals surface area contributed by atoms with Crippen molar-refractivity contribution < 1.29 is 4.42 Å². The topological polar surface area (TPSA) is 31.0 Å². The molecule has 1 aromatic carbocycles. The number of hydrogen-bond acceptors (Lipinski definition) is 3. The van der Waals surface area contributed by atoms with Crippen molar-refractivity contribution in [1.82, 2.24) is 9.55 Å². The standard InChI is InChI=1S/C12H10N2OS/c1-14-10-5-4-8(16)7-9(10)13-12(14)11-3-2-6-15-11/h2-7,16H,1H3. The summed E-state index contributed by atoms with van der Waals surface area (Å²) >= 11 is 4.31. The number of aryl methyl sites for hydroxylation is 1. The lowest BCUT2D eigenvalue weighted by atomic mass is 10.3. The van der Waals surface area contributed by atoms with Crippen LogP contribution in [-0.4, -0.2) is 9.55 Å². The van der Waals surface area contributed by atoms with E-state index < -0.39 is 0 Å². The van der Waals surface area contributed by atoms with Crippen LogP contribution in [0.3, 0.4) is 0 Å². The molecule has 2 aromatic heterocycles. The van der Waals surface area contributed by atoms with Gasteiger partial charge in [0, 0.05) is 11.9 Å². The summed E-state index contributed by atoms with van der Waals surface area (Å²) in [5, 5.41) is 0. The van der Waals surface area contributed by atoms with E-state index in [0.717, 1.165) is 27.5 Å². The molecule has 0 bridgehead atoms. The van der Waals surface area contributed by atoms with E-state index in [2.05, 4.69) is 17.6 Å². The highest BCUT2D eigenvalue weighted by molar-refractivity contribution is 7.80. The molecule has 0 atom stereocenters. The molecule has 80 valence electrons. The molecule has 0 unspecified atom stereocenters. The number of rotatable bonds is 1. The van der Waals surface area contributed by atoms with E-state index in [-0.39, 0.29) is 0 Å². The highest BCUT2D eigenvalue weighted by Crippen LogP contribution is 2.25. The minimum atomic E-state index is 0.777. The maximum absolute atomic E-state index is 5.36. The minimum absolute atomic E-state index is 0.777. The van der Waals surface area contributed by atoms with Crippen LogP contribution < -0.4 is 0 Å². The largest absolute Gasteiger partial charge is 0.461 e. The van der Waals surface area contributed by atoms with E-state index >= 15 is 0 Å². The van der Waals surface area contributed by atoms with Gasteiger partial charge in [-0.2, -0.15) is 0 Å². The smallest absolute Gasteiger partial charge is 0.176 e. The Bertz CT molecular complexity index is 640. The first-order chi connectivity index (χ1) is 7.75. The Morgan fingerprint density at radius 2 is 2.19 bits per heavy atom. The lowest BCUT2D eigenvalue weighted by molar-refractivity contribution is 0.574. The van der Waals surface area contributed by atoms with Crippen LogP contribution in [0, 0.1) is 0 Å². The normalized spacial score (nSPS) is 11.1. The number of furan rings is 1. The predicted molar refractivity (Wildman–Crippen MR) is 65.7 cm³/mol. The van der Waals surface area contributed by atoms with Crippen LogP contribution in [0.2, 0.25) is 0 Å². The van der Waals surface area contributed by atoms with Gasteiger partial charge in [-0.1, -0.05) is 0 Å². The molecule has 3 aromatic rings. The molecule has 4 heteroatoms. The van der Waals surface area contributed by atoms with Crippen molar-refractivity contribution >= 4 is 23.7 Å². The number of imidazole rings is 1. The van der Waals surface area contributed by atoms with Crippen molar-refractivity contribution in [2.75, 3.05) is 0 Å². The molecule has 3 rings (SSSR count). The number of benzene rings is 1. The second-order valence-corrected chi connectivity index (χ2v) is 4.16. The van der Waals surface area contributed by atoms with Crippen LogP contribution in [0.1, 0.15) is 0 Å². The molecule has 0 amide bonds. The second-order valence-electron chi connectivity index (χ2n) is 3.64. The molecule has 3 nitrogen and oxygen atoms in total. The summed E-state index contributed by atoms with van der Waals surface area (Å²) < 4.78 is 7.37.